The van der Waals surface area contributed by atoms with Crippen LogP contribution in [0.2, 0.25) is 0 Å². The highest BCUT2D eigenvalue weighted by Gasteiger charge is 2.27. The molecule has 2 aromatic rings. The first-order chi connectivity index (χ1) is 14.4. The Balaban J connectivity index is 1.49. The summed E-state index contributed by atoms with van der Waals surface area (Å²) in [6, 6.07) is 16.9. The van der Waals surface area contributed by atoms with Crippen LogP contribution in [0.25, 0.3) is 0 Å². The van der Waals surface area contributed by atoms with Crippen LogP contribution < -0.4 is 10.2 Å². The summed E-state index contributed by atoms with van der Waals surface area (Å²) >= 11 is 0. The Kier molecular flexibility index (Phi) is 7.06. The zero-order valence-corrected chi connectivity index (χ0v) is 17.3. The summed E-state index contributed by atoms with van der Waals surface area (Å²) in [5, 5.41) is 2.70. The molecule has 1 N–H and O–H groups in total. The molecule has 0 radical (unpaired) electrons. The van der Waals surface area contributed by atoms with Crippen molar-refractivity contribution in [3.05, 3.63) is 65.7 Å². The number of anilines is 1. The number of hydrogen-bond acceptors (Lipinski definition) is 5. The quantitative estimate of drug-likeness (QED) is 0.740. The number of benzene rings is 2. The van der Waals surface area contributed by atoms with Crippen molar-refractivity contribution in [3.8, 4) is 0 Å². The molecule has 2 amide bonds. The number of hydrogen-bond donors (Lipinski definition) is 1. The lowest BCUT2D eigenvalue weighted by atomic mass is 10.1. The normalized spacial score (nSPS) is 14.7. The summed E-state index contributed by atoms with van der Waals surface area (Å²) in [7, 11) is 0. The van der Waals surface area contributed by atoms with E-state index in [1.807, 2.05) is 18.2 Å². The number of carbonyl (C=O) groups excluding carboxylic acids is 3. The van der Waals surface area contributed by atoms with Crippen LogP contribution in [0.15, 0.2) is 54.6 Å². The third-order valence-electron chi connectivity index (χ3n) is 5.08. The second-order valence-corrected chi connectivity index (χ2v) is 7.30. The number of carbonyl (C=O) groups is 3. The molecule has 1 saturated heterocycles. The van der Waals surface area contributed by atoms with Gasteiger partial charge in [-0.1, -0.05) is 30.3 Å². The Morgan fingerprint density at radius 3 is 2.20 bits per heavy atom. The Labute approximate surface area is 176 Å². The van der Waals surface area contributed by atoms with Crippen LogP contribution in [-0.2, 0) is 20.9 Å². The minimum atomic E-state index is -0.847. The zero-order chi connectivity index (χ0) is 21.5. The first-order valence-corrected chi connectivity index (χ1v) is 10.1. The molecule has 2 aromatic carbocycles. The topological polar surface area (TPSA) is 78.9 Å². The molecule has 158 valence electrons. The van der Waals surface area contributed by atoms with Gasteiger partial charge in [0.15, 0.2) is 6.10 Å². The van der Waals surface area contributed by atoms with Gasteiger partial charge >= 0.3 is 5.97 Å². The van der Waals surface area contributed by atoms with Crippen LogP contribution in [-0.4, -0.2) is 55.0 Å². The van der Waals surface area contributed by atoms with E-state index in [1.165, 1.54) is 6.92 Å². The molecule has 1 aliphatic rings. The maximum absolute atomic E-state index is 12.7. The third-order valence-corrected chi connectivity index (χ3v) is 5.08. The predicted octanol–water partition coefficient (Wildman–Crippen LogP) is 2.22. The molecular weight excluding hydrogens is 382 g/mol. The van der Waals surface area contributed by atoms with Gasteiger partial charge < -0.3 is 19.9 Å². The van der Waals surface area contributed by atoms with Crippen LogP contribution in [0.1, 0.15) is 29.8 Å². The molecule has 1 unspecified atom stereocenters. The Hall–Kier alpha value is -3.35. The Bertz CT molecular complexity index is 875. The fourth-order valence-corrected chi connectivity index (χ4v) is 3.35. The van der Waals surface area contributed by atoms with Gasteiger partial charge in [-0.2, -0.15) is 0 Å². The number of para-hydroxylation sites is 1. The summed E-state index contributed by atoms with van der Waals surface area (Å²) in [6.07, 6.45) is -0.847. The SMILES string of the molecule is CC(=O)NCc1ccc(C(=O)OC(C)C(=O)N2CCN(c3ccccc3)CC2)cc1. The van der Waals surface area contributed by atoms with Gasteiger partial charge in [0.25, 0.3) is 5.91 Å². The Morgan fingerprint density at radius 2 is 1.60 bits per heavy atom. The number of amides is 2. The lowest BCUT2D eigenvalue weighted by Gasteiger charge is -2.37. The van der Waals surface area contributed by atoms with Gasteiger partial charge in [-0.3, -0.25) is 9.59 Å². The highest BCUT2D eigenvalue weighted by atomic mass is 16.5. The van der Waals surface area contributed by atoms with E-state index in [2.05, 4.69) is 22.3 Å². The molecule has 1 fully saturated rings. The summed E-state index contributed by atoms with van der Waals surface area (Å²) in [4.78, 5) is 40.0. The minimum Gasteiger partial charge on any atom is -0.449 e. The number of nitrogens with zero attached hydrogens (tertiary/aromatic N) is 2. The van der Waals surface area contributed by atoms with Gasteiger partial charge in [0.05, 0.1) is 5.56 Å². The van der Waals surface area contributed by atoms with Crippen molar-refractivity contribution in [2.75, 3.05) is 31.1 Å². The molecule has 0 spiro atoms. The molecule has 30 heavy (non-hydrogen) atoms. The van der Waals surface area contributed by atoms with Crippen LogP contribution in [0, 0.1) is 0 Å². The van der Waals surface area contributed by atoms with E-state index < -0.39 is 12.1 Å². The lowest BCUT2D eigenvalue weighted by Crippen LogP contribution is -2.51. The molecule has 1 atom stereocenters. The first-order valence-electron chi connectivity index (χ1n) is 10.1. The maximum Gasteiger partial charge on any atom is 0.338 e. The number of esters is 1. The number of rotatable bonds is 6. The van der Waals surface area contributed by atoms with E-state index in [-0.39, 0.29) is 11.8 Å². The smallest absolute Gasteiger partial charge is 0.338 e. The highest BCUT2D eigenvalue weighted by Crippen LogP contribution is 2.16. The predicted molar refractivity (Wildman–Crippen MR) is 114 cm³/mol. The van der Waals surface area contributed by atoms with E-state index in [0.717, 1.165) is 24.3 Å². The lowest BCUT2D eigenvalue weighted by molar-refractivity contribution is -0.140. The van der Waals surface area contributed by atoms with Gasteiger partial charge in [0.1, 0.15) is 0 Å². The molecule has 0 aliphatic carbocycles. The largest absolute Gasteiger partial charge is 0.449 e. The van der Waals surface area contributed by atoms with E-state index in [1.54, 1.807) is 36.1 Å². The highest BCUT2D eigenvalue weighted by molar-refractivity contribution is 5.92. The van der Waals surface area contributed by atoms with Crippen molar-refractivity contribution in [3.63, 3.8) is 0 Å². The number of ether oxygens (including phenoxy) is 1. The van der Waals surface area contributed by atoms with Crippen LogP contribution in [0.4, 0.5) is 5.69 Å². The van der Waals surface area contributed by atoms with Crippen molar-refractivity contribution in [2.24, 2.45) is 0 Å². The first kappa shape index (κ1) is 21.4. The van der Waals surface area contributed by atoms with Crippen molar-refractivity contribution in [1.82, 2.24) is 10.2 Å². The maximum atomic E-state index is 12.7. The number of piperazine rings is 1. The fourth-order valence-electron chi connectivity index (χ4n) is 3.35. The van der Waals surface area contributed by atoms with Gasteiger partial charge in [-0.05, 0) is 36.8 Å². The van der Waals surface area contributed by atoms with Crippen LogP contribution in [0.5, 0.6) is 0 Å². The van der Waals surface area contributed by atoms with E-state index in [9.17, 15) is 14.4 Å². The Morgan fingerprint density at radius 1 is 0.967 bits per heavy atom. The van der Waals surface area contributed by atoms with Gasteiger partial charge in [0, 0.05) is 45.3 Å². The van der Waals surface area contributed by atoms with Crippen LogP contribution >= 0.6 is 0 Å². The molecule has 1 heterocycles. The molecular formula is C23H27N3O4. The summed E-state index contributed by atoms with van der Waals surface area (Å²) in [6.45, 7) is 6.12. The van der Waals surface area contributed by atoms with Crippen molar-refractivity contribution in [2.45, 2.75) is 26.5 Å². The molecule has 7 nitrogen and oxygen atoms in total. The standard InChI is InChI=1S/C23H27N3O4/c1-17(30-23(29)20-10-8-19(9-11-20)16-24-18(2)27)22(28)26-14-12-25(13-15-26)21-6-4-3-5-7-21/h3-11,17H,12-16H2,1-2H3,(H,24,27). The molecule has 7 heteroatoms. The molecule has 0 aromatic heterocycles. The second-order valence-electron chi connectivity index (χ2n) is 7.30. The zero-order valence-electron chi connectivity index (χ0n) is 17.3. The summed E-state index contributed by atoms with van der Waals surface area (Å²) in [5.74, 6) is -0.835. The summed E-state index contributed by atoms with van der Waals surface area (Å²) in [5.41, 5.74) is 2.39. The average Bonchev–Trinajstić information content (AvgIpc) is 2.78. The summed E-state index contributed by atoms with van der Waals surface area (Å²) < 4.78 is 5.39. The molecule has 1 aliphatic heterocycles. The van der Waals surface area contributed by atoms with E-state index >= 15 is 0 Å². The molecule has 0 saturated carbocycles. The monoisotopic (exact) mass is 409 g/mol. The fraction of sp³-hybridized carbons (Fsp3) is 0.348. The van der Waals surface area contributed by atoms with Gasteiger partial charge in [0.2, 0.25) is 5.91 Å². The van der Waals surface area contributed by atoms with Crippen molar-refractivity contribution < 1.29 is 19.1 Å². The second kappa shape index (κ2) is 9.91. The van der Waals surface area contributed by atoms with Gasteiger partial charge in [-0.15, -0.1) is 0 Å². The molecule has 3 rings (SSSR count). The van der Waals surface area contributed by atoms with Crippen molar-refractivity contribution >= 4 is 23.5 Å². The number of nitrogens with one attached hydrogen (secondary N) is 1. The minimum absolute atomic E-state index is 0.115. The molecule has 0 bridgehead atoms. The van der Waals surface area contributed by atoms with Crippen molar-refractivity contribution in [1.29, 1.82) is 0 Å². The van der Waals surface area contributed by atoms with Gasteiger partial charge in [-0.25, -0.2) is 4.79 Å². The third kappa shape index (κ3) is 5.59. The van der Waals surface area contributed by atoms with E-state index in [4.69, 9.17) is 4.74 Å². The van der Waals surface area contributed by atoms with Crippen LogP contribution in [0.3, 0.4) is 0 Å². The average molecular weight is 409 g/mol. The van der Waals surface area contributed by atoms with E-state index in [0.29, 0.717) is 25.2 Å².